The zero-order chi connectivity index (χ0) is 58.1. The Balaban J connectivity index is 0.000000209. The summed E-state index contributed by atoms with van der Waals surface area (Å²) in [4.78, 5) is 1.58. The van der Waals surface area contributed by atoms with Crippen molar-refractivity contribution in [1.82, 2.24) is 0 Å². The van der Waals surface area contributed by atoms with Crippen molar-refractivity contribution >= 4 is 62.0 Å². The maximum atomic E-state index is 8.80. The van der Waals surface area contributed by atoms with Crippen molar-refractivity contribution in [2.24, 2.45) is 0 Å². The Kier molecular flexibility index (Phi) is 26.1. The lowest BCUT2D eigenvalue weighted by atomic mass is 10.0. The van der Waals surface area contributed by atoms with E-state index in [-0.39, 0.29) is 0 Å². The van der Waals surface area contributed by atoms with Gasteiger partial charge >= 0.3 is 0 Å². The van der Waals surface area contributed by atoms with Gasteiger partial charge in [-0.25, -0.2) is 0 Å². The molecule has 0 fully saturated rings. The summed E-state index contributed by atoms with van der Waals surface area (Å²) in [5, 5.41) is 54.5. The van der Waals surface area contributed by atoms with Crippen LogP contribution in [0, 0.1) is 74.9 Å². The molecule has 0 saturated carbocycles. The van der Waals surface area contributed by atoms with E-state index < -0.39 is 0 Å². The number of ether oxygens (including phenoxy) is 1. The molecule has 7 nitrogen and oxygen atoms in total. The van der Waals surface area contributed by atoms with E-state index in [4.69, 9.17) is 47.9 Å². The van der Waals surface area contributed by atoms with Crippen LogP contribution in [-0.2, 0) is 0 Å². The van der Waals surface area contributed by atoms with E-state index >= 15 is 0 Å². The van der Waals surface area contributed by atoms with Crippen LogP contribution < -0.4 is 4.74 Å². The van der Waals surface area contributed by atoms with Crippen LogP contribution in [-0.4, -0.2) is 0 Å². The van der Waals surface area contributed by atoms with E-state index in [9.17, 15) is 0 Å². The number of hydrogen-bond acceptors (Lipinski definition) is 8. The predicted molar refractivity (Wildman–Crippen MR) is 332 cm³/mol. The number of aryl methyl sites for hydroxylation is 1. The molecule has 0 atom stereocenters. The second kappa shape index (κ2) is 33.9. The summed E-state index contributed by atoms with van der Waals surface area (Å²) in [6, 6.07) is 85.3. The number of allylic oxidation sites excluding steroid dienone is 6. The molecule has 0 aliphatic carbocycles. The van der Waals surface area contributed by atoms with E-state index in [0.29, 0.717) is 37.8 Å². The fourth-order valence-corrected chi connectivity index (χ4v) is 7.46. The molecule has 0 spiro atoms. The Bertz CT molecular complexity index is 3740. The third kappa shape index (κ3) is 21.0. The summed E-state index contributed by atoms with van der Waals surface area (Å²) in [5.74, 6) is 1.53. The summed E-state index contributed by atoms with van der Waals surface area (Å²) >= 11 is 7.03. The van der Waals surface area contributed by atoms with Crippen LogP contribution in [0.25, 0.3) is 49.8 Å². The quantitative estimate of drug-likeness (QED) is 0.0969. The molecule has 0 bridgehead atoms. The maximum absolute atomic E-state index is 8.80. The van der Waals surface area contributed by atoms with Crippen molar-refractivity contribution in [2.75, 3.05) is 0 Å². The highest BCUT2D eigenvalue weighted by Crippen LogP contribution is 2.26. The van der Waals surface area contributed by atoms with Crippen molar-refractivity contribution in [3.8, 4) is 59.0 Å². The monoisotopic (exact) mass is 1070 g/mol. The zero-order valence-electron chi connectivity index (χ0n) is 44.1. The first-order chi connectivity index (χ1) is 38.7. The maximum Gasteiger partial charge on any atom is 0.127 e. The van der Waals surface area contributed by atoms with Gasteiger partial charge in [-0.05, 0) is 117 Å². The molecule has 0 saturated heterocycles. The fourth-order valence-electron chi connectivity index (χ4n) is 6.71. The molecule has 0 amide bonds. The third-order valence-electron chi connectivity index (χ3n) is 11.0. The molecule has 386 valence electrons. The number of para-hydroxylation sites is 1. The van der Waals surface area contributed by atoms with E-state index in [2.05, 4.69) is 57.7 Å². The highest BCUT2D eigenvalue weighted by Gasteiger charge is 2.04. The van der Waals surface area contributed by atoms with Crippen molar-refractivity contribution in [1.29, 1.82) is 31.6 Å². The first kappa shape index (κ1) is 61.6. The summed E-state index contributed by atoms with van der Waals surface area (Å²) in [5.41, 5.74) is 10.3. The zero-order valence-corrected chi connectivity index (χ0v) is 45.6. The Hall–Kier alpha value is -10.9. The van der Waals surface area contributed by atoms with Gasteiger partial charge in [0.05, 0.1) is 63.1 Å². The van der Waals surface area contributed by atoms with Crippen LogP contribution in [0.5, 0.6) is 11.5 Å². The Morgan fingerprint density at radius 2 is 0.750 bits per heavy atom. The Labute approximate surface area is 479 Å². The van der Waals surface area contributed by atoms with Crippen LogP contribution in [0.3, 0.4) is 0 Å². The Morgan fingerprint density at radius 1 is 0.375 bits per heavy atom. The number of halogens is 1. The molecule has 0 unspecified atom stereocenters. The normalized spacial score (nSPS) is 9.15. The molecule has 0 aliphatic rings. The number of fused-ring (bicyclic) bond motifs is 1. The van der Waals surface area contributed by atoms with Crippen molar-refractivity contribution in [3.05, 3.63) is 313 Å². The number of nitriles is 6. The van der Waals surface area contributed by atoms with Gasteiger partial charge in [0.2, 0.25) is 0 Å². The molecule has 80 heavy (non-hydrogen) atoms. The van der Waals surface area contributed by atoms with Crippen molar-refractivity contribution in [2.45, 2.75) is 11.8 Å². The number of benzene rings is 9. The molecule has 0 radical (unpaired) electrons. The van der Waals surface area contributed by atoms with Gasteiger partial charge in [-0.1, -0.05) is 238 Å². The van der Waals surface area contributed by atoms with Crippen LogP contribution in [0.4, 0.5) is 0 Å². The van der Waals surface area contributed by atoms with Crippen molar-refractivity contribution < 1.29 is 4.74 Å². The third-order valence-corrected chi connectivity index (χ3v) is 12.1. The summed E-state index contributed by atoms with van der Waals surface area (Å²) < 4.78 is 5.63. The second-order valence-electron chi connectivity index (χ2n) is 16.7. The summed E-state index contributed by atoms with van der Waals surface area (Å²) in [6.45, 7) is 23.8. The minimum atomic E-state index is 0.455. The number of hydrogen-bond donors (Lipinski definition) is 0. The van der Waals surface area contributed by atoms with Crippen LogP contribution in [0.1, 0.15) is 33.4 Å². The SMILES string of the molecule is C=C(C#N)Sc1ccccc1.C=C(C#N)c1ccc(-c2ccccc2)cc1.C=C(C#N)c1ccc(C)cc1.C=C(C#N)c1ccc(Cl)cc1.C=C(C#N)c1ccc(Oc2ccccc2)cc1.C=C(C#N)c1cccc2ccccc12. The standard InChI is InChI=1S/C15H11NO.C15H11N.C13H9N.C10H9N.C9H6ClN.C9H7NS/c1-12(11-16)13-7-9-15(10-8-13)17-14-5-3-2-4-6-14;1-12(11-16)13-7-9-15(10-8-13)14-5-3-2-4-6-14;1-10(9-14)12-8-4-6-11-5-2-3-7-13(11)12;1-8-3-5-10(6-4-8)9(2)7-11;1-7(6-11)8-2-4-9(10)5-3-8;1-8(7-10)11-9-5-3-2-4-6-9/h2-10H,1H2;2-10H,1H2;2-8H,1H2;3-6H,2H2,1H3;2-5H,1H2;2-6H,1H2. The van der Waals surface area contributed by atoms with E-state index in [1.165, 1.54) is 22.9 Å². The molecule has 9 aromatic carbocycles. The molecule has 0 aliphatic heterocycles. The van der Waals surface area contributed by atoms with E-state index in [1.54, 1.807) is 24.3 Å². The van der Waals surface area contributed by atoms with E-state index in [1.807, 2.05) is 231 Å². The predicted octanol–water partition coefficient (Wildman–Crippen LogP) is 19.5. The molecule has 0 aromatic heterocycles. The topological polar surface area (TPSA) is 152 Å². The lowest BCUT2D eigenvalue weighted by molar-refractivity contribution is 0.482. The molecule has 9 aromatic rings. The minimum absolute atomic E-state index is 0.455. The van der Waals surface area contributed by atoms with Gasteiger partial charge in [0, 0.05) is 9.92 Å². The number of rotatable bonds is 10. The van der Waals surface area contributed by atoms with Gasteiger partial charge in [-0.15, -0.1) is 0 Å². The lowest BCUT2D eigenvalue weighted by Gasteiger charge is -2.05. The highest BCUT2D eigenvalue weighted by molar-refractivity contribution is 8.03. The van der Waals surface area contributed by atoms with Gasteiger partial charge in [-0.2, -0.15) is 31.6 Å². The fraction of sp³-hybridized carbons (Fsp3) is 0.0141. The van der Waals surface area contributed by atoms with Crippen LogP contribution in [0.2, 0.25) is 5.02 Å². The average Bonchev–Trinajstić information content (AvgIpc) is 3.52. The van der Waals surface area contributed by atoms with Crippen LogP contribution in [0.15, 0.2) is 280 Å². The highest BCUT2D eigenvalue weighted by atomic mass is 35.5. The van der Waals surface area contributed by atoms with Gasteiger partial charge < -0.3 is 4.74 Å². The molecule has 9 heteroatoms. The first-order valence-electron chi connectivity index (χ1n) is 24.3. The van der Waals surface area contributed by atoms with Crippen LogP contribution >= 0.6 is 23.4 Å². The smallest absolute Gasteiger partial charge is 0.127 e. The lowest BCUT2D eigenvalue weighted by Crippen LogP contribution is -1.84. The molecular formula is C71H53ClN6OS. The number of nitrogens with zero attached hydrogens (tertiary/aromatic N) is 6. The molecule has 0 heterocycles. The van der Waals surface area contributed by atoms with Gasteiger partial charge in [-0.3, -0.25) is 0 Å². The largest absolute Gasteiger partial charge is 0.457 e. The molecular weight excluding hydrogens is 1020 g/mol. The molecule has 9 rings (SSSR count). The Morgan fingerprint density at radius 3 is 1.23 bits per heavy atom. The van der Waals surface area contributed by atoms with E-state index in [0.717, 1.165) is 60.5 Å². The van der Waals surface area contributed by atoms with Gasteiger partial charge in [0.25, 0.3) is 0 Å². The summed E-state index contributed by atoms with van der Waals surface area (Å²) in [7, 11) is 0. The average molecular weight is 1070 g/mol. The second-order valence-corrected chi connectivity index (χ2v) is 18.3. The minimum Gasteiger partial charge on any atom is -0.457 e. The first-order valence-corrected chi connectivity index (χ1v) is 25.5. The number of thioether (sulfide) groups is 1. The summed E-state index contributed by atoms with van der Waals surface area (Å²) in [6.07, 6.45) is 0. The molecule has 0 N–H and O–H groups in total. The van der Waals surface area contributed by atoms with Gasteiger partial charge in [0.15, 0.2) is 0 Å². The van der Waals surface area contributed by atoms with Crippen molar-refractivity contribution in [3.63, 3.8) is 0 Å². The van der Waals surface area contributed by atoms with Gasteiger partial charge in [0.1, 0.15) is 17.6 Å².